The summed E-state index contributed by atoms with van der Waals surface area (Å²) >= 11 is -0.0756. The molecule has 0 aromatic heterocycles. The zero-order valence-corrected chi connectivity index (χ0v) is 4.53. The van der Waals surface area contributed by atoms with Crippen LogP contribution < -0.4 is 0 Å². The van der Waals surface area contributed by atoms with Crippen LogP contribution in [0.5, 0.6) is 0 Å². The number of rotatable bonds is 1. The van der Waals surface area contributed by atoms with E-state index in [0.29, 0.717) is 0 Å². The summed E-state index contributed by atoms with van der Waals surface area (Å²) in [4.78, 5) is 0. The first-order valence-electron chi connectivity index (χ1n) is 1.40. The highest BCUT2D eigenvalue weighted by Gasteiger charge is 1.65. The van der Waals surface area contributed by atoms with Gasteiger partial charge in [0.2, 0.25) is 0 Å². The molecule has 0 aliphatic heterocycles. The largest absolute Gasteiger partial charge is 0.506 e. The zero-order valence-electron chi connectivity index (χ0n) is 3.12. The first-order valence-corrected chi connectivity index (χ1v) is 3.40. The van der Waals surface area contributed by atoms with Crippen LogP contribution in [-0.2, 0) is 3.79 Å². The van der Waals surface area contributed by atoms with Gasteiger partial charge in [-0.3, -0.25) is 0 Å². The normalized spacial score (nSPS) is 4.33. The predicted molar refractivity (Wildman–Crippen MR) is 33.5 cm³/mol. The molecule has 6 heavy (non-hydrogen) atoms. The summed E-state index contributed by atoms with van der Waals surface area (Å²) in [6.07, 6.45) is 0. The Morgan fingerprint density at radius 2 is 1.50 bits per heavy atom. The van der Waals surface area contributed by atoms with Crippen molar-refractivity contribution in [3.05, 3.63) is 0 Å². The maximum Gasteiger partial charge on any atom is 0.432 e. The topological polar surface area (TPSA) is 9.23 Å². The lowest BCUT2D eigenvalue weighted by atomic mass is 11.8. The van der Waals surface area contributed by atoms with Gasteiger partial charge in [0, 0.05) is 7.11 Å². The lowest BCUT2D eigenvalue weighted by molar-refractivity contribution is 0.446. The molecule has 0 rings (SSSR count). The molecule has 1 nitrogen and oxygen atoms in total. The van der Waals surface area contributed by atoms with E-state index in [1.807, 2.05) is 0 Å². The van der Waals surface area contributed by atoms with Crippen molar-refractivity contribution in [2.75, 3.05) is 7.11 Å². The van der Waals surface area contributed by atoms with Gasteiger partial charge in [0.15, 0.2) is 0 Å². The molecule has 40 valence electrons. The third kappa shape index (κ3) is 24.6. The first-order chi connectivity index (χ1) is 1.91. The van der Waals surface area contributed by atoms with Gasteiger partial charge in [-0.2, -0.15) is 0 Å². The van der Waals surface area contributed by atoms with E-state index < -0.39 is 0 Å². The average Bonchev–Trinajstić information content (AvgIpc) is 1.37. The third-order valence-corrected chi connectivity index (χ3v) is 0.866. The predicted octanol–water partition coefficient (Wildman–Crippen LogP) is 1.30. The minimum atomic E-state index is -0.0756. The van der Waals surface area contributed by atoms with Gasteiger partial charge in [-0.15, -0.1) is 0 Å². The SMILES string of the molecule is C.C.C[O][AlH][CH3]. The van der Waals surface area contributed by atoms with Crippen LogP contribution in [0, 0.1) is 0 Å². The van der Waals surface area contributed by atoms with E-state index in [1.165, 1.54) is 0 Å². The molecule has 0 aromatic carbocycles. The van der Waals surface area contributed by atoms with E-state index in [1.54, 1.807) is 7.11 Å². The lowest BCUT2D eigenvalue weighted by Gasteiger charge is -1.73. The number of hydrogen-bond acceptors (Lipinski definition) is 1. The van der Waals surface area contributed by atoms with Gasteiger partial charge in [0.25, 0.3) is 0 Å². The summed E-state index contributed by atoms with van der Waals surface area (Å²) in [5, 5.41) is 0. The van der Waals surface area contributed by atoms with Gasteiger partial charge >= 0.3 is 15.6 Å². The second kappa shape index (κ2) is 17.8. The Hall–Kier alpha value is 0.492. The Morgan fingerprint density at radius 1 is 1.33 bits per heavy atom. The van der Waals surface area contributed by atoms with E-state index in [9.17, 15) is 0 Å². The summed E-state index contributed by atoms with van der Waals surface area (Å²) < 4.78 is 4.68. The second-order valence-corrected chi connectivity index (χ2v) is 1.73. The molecule has 0 spiro atoms. The molecule has 0 bridgehead atoms. The molecular weight excluding hydrogens is 91.0 g/mol. The fourth-order valence-corrected chi connectivity index (χ4v) is 0. The minimum absolute atomic E-state index is 0. The fourth-order valence-electron chi connectivity index (χ4n) is 0. The smallest absolute Gasteiger partial charge is 0.432 e. The molecule has 0 radical (unpaired) electrons. The summed E-state index contributed by atoms with van der Waals surface area (Å²) in [7, 11) is 1.74. The standard InChI is InChI=1S/CH3O.2CH4.CH3.Al.H/c1-2;;;;;/h1H3;2*1H4;1H3;;/q-1;;;;+1;. The van der Waals surface area contributed by atoms with Crippen molar-refractivity contribution >= 4 is 15.6 Å². The molecule has 0 aromatic rings. The Balaban J connectivity index is -0.0000000450. The molecule has 0 atom stereocenters. The molecule has 0 aliphatic rings. The van der Waals surface area contributed by atoms with Crippen molar-refractivity contribution < 1.29 is 3.79 Å². The van der Waals surface area contributed by atoms with Crippen molar-refractivity contribution in [2.24, 2.45) is 0 Å². The van der Waals surface area contributed by atoms with Crippen LogP contribution in [0.2, 0.25) is 5.79 Å². The molecule has 0 fully saturated rings. The fraction of sp³-hybridized carbons (Fsp3) is 1.00. The Bertz CT molecular complexity index is 9.51. The molecule has 0 saturated heterocycles. The highest BCUT2D eigenvalue weighted by molar-refractivity contribution is 6.24. The summed E-state index contributed by atoms with van der Waals surface area (Å²) in [6, 6.07) is 0. The van der Waals surface area contributed by atoms with Crippen LogP contribution in [0.3, 0.4) is 0 Å². The van der Waals surface area contributed by atoms with Gasteiger partial charge in [0.1, 0.15) is 0 Å². The highest BCUT2D eigenvalue weighted by atomic mass is 27.1. The Morgan fingerprint density at radius 3 is 1.50 bits per heavy atom. The van der Waals surface area contributed by atoms with Crippen molar-refractivity contribution in [1.29, 1.82) is 0 Å². The molecular formula is C4H15AlO. The van der Waals surface area contributed by atoms with E-state index in [2.05, 4.69) is 9.57 Å². The van der Waals surface area contributed by atoms with Gasteiger partial charge in [0.05, 0.1) is 0 Å². The zero-order chi connectivity index (χ0) is 3.41. The molecule has 0 aliphatic carbocycles. The minimum Gasteiger partial charge on any atom is -0.506 e. The van der Waals surface area contributed by atoms with Crippen LogP contribution in [0.4, 0.5) is 0 Å². The summed E-state index contributed by atoms with van der Waals surface area (Å²) in [5.74, 6) is 2.10. The van der Waals surface area contributed by atoms with Gasteiger partial charge in [-0.25, -0.2) is 0 Å². The van der Waals surface area contributed by atoms with Crippen LogP contribution in [0.1, 0.15) is 14.9 Å². The van der Waals surface area contributed by atoms with E-state index in [0.717, 1.165) is 0 Å². The van der Waals surface area contributed by atoms with Crippen molar-refractivity contribution in [3.63, 3.8) is 0 Å². The molecule has 0 heterocycles. The monoisotopic (exact) mass is 106 g/mol. The first kappa shape index (κ1) is 16.1. The lowest BCUT2D eigenvalue weighted by Crippen LogP contribution is -1.79. The van der Waals surface area contributed by atoms with Gasteiger partial charge in [-0.1, -0.05) is 20.6 Å². The van der Waals surface area contributed by atoms with Gasteiger partial charge in [-0.05, 0) is 0 Å². The average molecular weight is 106 g/mol. The molecule has 2 heteroatoms. The second-order valence-electron chi connectivity index (χ2n) is 0.577. The molecule has 0 amide bonds. The van der Waals surface area contributed by atoms with Crippen molar-refractivity contribution in [3.8, 4) is 0 Å². The summed E-state index contributed by atoms with van der Waals surface area (Å²) in [6.45, 7) is 0. The maximum atomic E-state index is 4.68. The quantitative estimate of drug-likeness (QED) is 0.458. The van der Waals surface area contributed by atoms with Crippen LogP contribution in [0.25, 0.3) is 0 Å². The van der Waals surface area contributed by atoms with Crippen LogP contribution in [-0.4, -0.2) is 22.7 Å². The maximum absolute atomic E-state index is 4.68. The Kier molecular flexibility index (Phi) is 47.8. The molecule has 0 unspecified atom stereocenters. The highest BCUT2D eigenvalue weighted by Crippen LogP contribution is 1.47. The molecule has 0 saturated carbocycles. The van der Waals surface area contributed by atoms with E-state index in [4.69, 9.17) is 0 Å². The van der Waals surface area contributed by atoms with Crippen molar-refractivity contribution in [1.82, 2.24) is 0 Å². The van der Waals surface area contributed by atoms with E-state index >= 15 is 0 Å². The number of hydrogen-bond donors (Lipinski definition) is 0. The molecule has 0 N–H and O–H groups in total. The van der Waals surface area contributed by atoms with E-state index in [-0.39, 0.29) is 30.4 Å². The Labute approximate surface area is 47.8 Å². The van der Waals surface area contributed by atoms with Gasteiger partial charge < -0.3 is 3.79 Å². The van der Waals surface area contributed by atoms with Crippen molar-refractivity contribution in [2.45, 2.75) is 20.6 Å². The third-order valence-electron chi connectivity index (χ3n) is 0.289. The summed E-state index contributed by atoms with van der Waals surface area (Å²) in [5.41, 5.74) is 0. The van der Waals surface area contributed by atoms with Crippen LogP contribution >= 0.6 is 0 Å². The van der Waals surface area contributed by atoms with Crippen LogP contribution in [0.15, 0.2) is 0 Å².